The molecule has 2 N–H and O–H groups in total. The number of piperidine rings is 2. The minimum absolute atomic E-state index is 0.0407. The zero-order chi connectivity index (χ0) is 39.3. The first-order valence-electron chi connectivity index (χ1n) is 18.9. The zero-order valence-electron chi connectivity index (χ0n) is 31.5. The van der Waals surface area contributed by atoms with Crippen molar-refractivity contribution in [3.8, 4) is 0 Å². The number of amides is 2. The van der Waals surface area contributed by atoms with E-state index in [-0.39, 0.29) is 39.0 Å². The van der Waals surface area contributed by atoms with Gasteiger partial charge in [-0.05, 0) is 82.6 Å². The minimum Gasteiger partial charge on any atom is -0.369 e. The number of rotatable bonds is 12. The number of fused-ring (bicyclic) bond motifs is 6. The number of halogens is 4. The van der Waals surface area contributed by atoms with E-state index in [1.807, 2.05) is 14.1 Å². The molecular weight excluding hydrogens is 765 g/mol. The molecule has 2 bridgehead atoms. The third-order valence-corrected chi connectivity index (χ3v) is 13.3. The highest BCUT2D eigenvalue weighted by Gasteiger charge is 2.49. The standard InChI is InChI=1S/C40H44F4N8O2S2/c1-49(2)10-12-51-21-25(36(53)47-38-45-34-29(43)16-26(41)18-32(34)55-38)15-24-14-23(4-5-31(24)51)20-50(3)11-13-52-22-40(8-6-28(52)7-9-40)37(54)48-39-46-35-30(44)17-27(42)19-33(35)56-39/h4-5,14,16-19,25,28H,6-13,15,20-22H2,1-3H3,(H,45,47,53)(H,46,48,54). The lowest BCUT2D eigenvalue weighted by atomic mass is 9.67. The fourth-order valence-electron chi connectivity index (χ4n) is 8.52. The van der Waals surface area contributed by atoms with Crippen LogP contribution in [-0.2, 0) is 22.6 Å². The number of likely N-dealkylation sites (N-methyl/N-ethyl adjacent to an activating group) is 2. The summed E-state index contributed by atoms with van der Waals surface area (Å²) in [4.78, 5) is 44.9. The van der Waals surface area contributed by atoms with Crippen LogP contribution >= 0.6 is 22.7 Å². The van der Waals surface area contributed by atoms with E-state index in [4.69, 9.17) is 0 Å². The van der Waals surface area contributed by atoms with Gasteiger partial charge in [0.05, 0.1) is 20.7 Å². The van der Waals surface area contributed by atoms with Crippen LogP contribution in [0.4, 0.5) is 33.5 Å². The Labute approximate surface area is 330 Å². The van der Waals surface area contributed by atoms with Crippen molar-refractivity contribution in [2.75, 3.05) is 75.9 Å². The molecule has 5 aromatic rings. The Bertz CT molecular complexity index is 2290. The predicted molar refractivity (Wildman–Crippen MR) is 213 cm³/mol. The number of aromatic nitrogens is 2. The summed E-state index contributed by atoms with van der Waals surface area (Å²) in [5, 5.41) is 6.34. The summed E-state index contributed by atoms with van der Waals surface area (Å²) >= 11 is 2.13. The lowest BCUT2D eigenvalue weighted by Crippen LogP contribution is -2.59. The molecule has 2 aromatic heterocycles. The average molecular weight is 809 g/mol. The number of hydrogen-bond donors (Lipinski definition) is 2. The molecule has 0 spiro atoms. The number of thiazole rings is 2. The second kappa shape index (κ2) is 15.6. The molecule has 0 radical (unpaired) electrons. The summed E-state index contributed by atoms with van der Waals surface area (Å²) in [5.41, 5.74) is 2.86. The third kappa shape index (κ3) is 7.99. The van der Waals surface area contributed by atoms with Crippen molar-refractivity contribution in [1.29, 1.82) is 0 Å². The summed E-state index contributed by atoms with van der Waals surface area (Å²) in [6, 6.07) is 11.0. The summed E-state index contributed by atoms with van der Waals surface area (Å²) in [6.45, 7) is 5.01. The minimum atomic E-state index is -0.758. The summed E-state index contributed by atoms with van der Waals surface area (Å²) in [5.74, 6) is -3.55. The van der Waals surface area contributed by atoms with Crippen molar-refractivity contribution in [3.05, 3.63) is 76.9 Å². The maximum Gasteiger partial charge on any atom is 0.233 e. The van der Waals surface area contributed by atoms with Gasteiger partial charge < -0.3 is 25.3 Å². The third-order valence-electron chi connectivity index (χ3n) is 11.5. The summed E-state index contributed by atoms with van der Waals surface area (Å²) in [6.07, 6.45) is 3.95. The van der Waals surface area contributed by atoms with Gasteiger partial charge in [-0.1, -0.05) is 34.8 Å². The first-order chi connectivity index (χ1) is 26.8. The fraction of sp³-hybridized carbons (Fsp3) is 0.450. The Morgan fingerprint density at radius 3 is 2.14 bits per heavy atom. The lowest BCUT2D eigenvalue weighted by Gasteiger charge is -2.52. The van der Waals surface area contributed by atoms with Crippen molar-refractivity contribution in [2.45, 2.75) is 44.7 Å². The Balaban J connectivity index is 0.904. The number of anilines is 3. The quantitative estimate of drug-likeness (QED) is 0.131. The van der Waals surface area contributed by atoms with Gasteiger partial charge in [0, 0.05) is 69.7 Å². The van der Waals surface area contributed by atoms with Crippen LogP contribution in [0.1, 0.15) is 36.8 Å². The maximum absolute atomic E-state index is 14.3. The van der Waals surface area contributed by atoms with Gasteiger partial charge in [-0.25, -0.2) is 27.5 Å². The van der Waals surface area contributed by atoms with Gasteiger partial charge in [-0.15, -0.1) is 0 Å². The molecule has 296 valence electrons. The van der Waals surface area contributed by atoms with E-state index >= 15 is 0 Å². The van der Waals surface area contributed by atoms with Crippen LogP contribution in [0.5, 0.6) is 0 Å². The number of benzene rings is 3. The molecule has 1 atom stereocenters. The van der Waals surface area contributed by atoms with Gasteiger partial charge >= 0.3 is 0 Å². The number of carbonyl (C=O) groups is 2. The Hall–Kier alpha value is -4.22. The van der Waals surface area contributed by atoms with Gasteiger partial charge in [0.2, 0.25) is 11.8 Å². The first kappa shape index (κ1) is 38.6. The molecule has 16 heteroatoms. The highest BCUT2D eigenvalue weighted by molar-refractivity contribution is 7.22. The number of nitrogens with one attached hydrogen (secondary N) is 2. The van der Waals surface area contributed by atoms with Gasteiger partial charge in [-0.3, -0.25) is 14.5 Å². The largest absolute Gasteiger partial charge is 0.369 e. The molecule has 56 heavy (non-hydrogen) atoms. The van der Waals surface area contributed by atoms with Gasteiger partial charge in [0.1, 0.15) is 22.7 Å². The van der Waals surface area contributed by atoms with Crippen LogP contribution in [0.2, 0.25) is 0 Å². The number of nitrogens with zero attached hydrogens (tertiary/aromatic N) is 6. The molecule has 4 aliphatic rings. The van der Waals surface area contributed by atoms with E-state index in [1.54, 1.807) is 0 Å². The molecule has 1 aliphatic carbocycles. The Kier molecular flexibility index (Phi) is 10.8. The second-order valence-corrected chi connectivity index (χ2v) is 17.8. The van der Waals surface area contributed by atoms with Crippen LogP contribution < -0.4 is 15.5 Å². The average Bonchev–Trinajstić information content (AvgIpc) is 3.76. The van der Waals surface area contributed by atoms with E-state index < -0.39 is 28.7 Å². The van der Waals surface area contributed by atoms with Crippen molar-refractivity contribution < 1.29 is 27.2 Å². The van der Waals surface area contributed by atoms with Gasteiger partial charge in [0.15, 0.2) is 21.9 Å². The van der Waals surface area contributed by atoms with Crippen molar-refractivity contribution in [3.63, 3.8) is 0 Å². The molecule has 3 fully saturated rings. The van der Waals surface area contributed by atoms with Crippen LogP contribution in [0.3, 0.4) is 0 Å². The van der Waals surface area contributed by atoms with E-state index in [2.05, 4.69) is 65.4 Å². The molecule has 10 nitrogen and oxygen atoms in total. The highest BCUT2D eigenvalue weighted by Crippen LogP contribution is 2.46. The second-order valence-electron chi connectivity index (χ2n) is 15.8. The van der Waals surface area contributed by atoms with Crippen LogP contribution in [-0.4, -0.2) is 103 Å². The molecule has 1 unspecified atom stereocenters. The van der Waals surface area contributed by atoms with E-state index in [0.29, 0.717) is 41.5 Å². The maximum atomic E-state index is 14.3. The summed E-state index contributed by atoms with van der Waals surface area (Å²) < 4.78 is 56.9. The Morgan fingerprint density at radius 2 is 1.50 bits per heavy atom. The van der Waals surface area contributed by atoms with E-state index in [0.717, 1.165) is 103 Å². The van der Waals surface area contributed by atoms with E-state index in [1.165, 1.54) is 12.1 Å². The molecular formula is C40H44F4N8O2S2. The number of hydrogen-bond acceptors (Lipinski definition) is 10. The number of carbonyl (C=O) groups excluding carboxylic acids is 2. The summed E-state index contributed by atoms with van der Waals surface area (Å²) in [7, 11) is 6.12. The molecule has 5 heterocycles. The molecule has 2 amide bonds. The van der Waals surface area contributed by atoms with Crippen LogP contribution in [0, 0.1) is 34.6 Å². The molecule has 1 saturated carbocycles. The van der Waals surface area contributed by atoms with Crippen LogP contribution in [0.25, 0.3) is 20.4 Å². The molecule has 2 saturated heterocycles. The van der Waals surface area contributed by atoms with Crippen molar-refractivity contribution in [2.24, 2.45) is 11.3 Å². The predicted octanol–water partition coefficient (Wildman–Crippen LogP) is 6.96. The van der Waals surface area contributed by atoms with Gasteiger partial charge in [0.25, 0.3) is 0 Å². The van der Waals surface area contributed by atoms with E-state index in [9.17, 15) is 27.2 Å². The molecule has 9 rings (SSSR count). The smallest absolute Gasteiger partial charge is 0.233 e. The normalized spacial score (nSPS) is 21.1. The van der Waals surface area contributed by atoms with Crippen molar-refractivity contribution in [1.82, 2.24) is 24.7 Å². The van der Waals surface area contributed by atoms with Crippen LogP contribution in [0.15, 0.2) is 42.5 Å². The lowest BCUT2D eigenvalue weighted by molar-refractivity contribution is -0.135. The van der Waals surface area contributed by atoms with Crippen molar-refractivity contribution >= 4 is 70.9 Å². The molecule has 3 aromatic carbocycles. The first-order valence-corrected chi connectivity index (χ1v) is 20.5. The monoisotopic (exact) mass is 808 g/mol. The Morgan fingerprint density at radius 1 is 0.857 bits per heavy atom. The SMILES string of the molecule is CN(C)CCN1CC(C(=O)Nc2nc3c(F)cc(F)cc3s2)Cc2cc(CN(C)CCN3CC4(C(=O)Nc5nc6c(F)cc(F)cc6s5)CCC3CC4)ccc21. The molecule has 3 aliphatic heterocycles. The van der Waals surface area contributed by atoms with Gasteiger partial charge in [-0.2, -0.15) is 0 Å². The highest BCUT2D eigenvalue weighted by atomic mass is 32.1. The topological polar surface area (TPSA) is 96.9 Å². The fourth-order valence-corrected chi connectivity index (χ4v) is 10.3. The zero-order valence-corrected chi connectivity index (χ0v) is 33.1.